The zero-order valence-corrected chi connectivity index (χ0v) is 14.8. The summed E-state index contributed by atoms with van der Waals surface area (Å²) in [4.78, 5) is 12.4. The average molecular weight is 379 g/mol. The molecule has 3 rings (SSSR count). The number of nitrogens with one attached hydrogen (secondary N) is 1. The van der Waals surface area contributed by atoms with Crippen LogP contribution in [-0.4, -0.2) is 19.4 Å². The quantitative estimate of drug-likeness (QED) is 0.776. The molecule has 0 aliphatic heterocycles. The maximum absolute atomic E-state index is 12.4. The molecule has 144 valence electrons. The number of hydrogen-bond donors (Lipinski definition) is 1. The molecule has 1 amide bonds. The zero-order chi connectivity index (χ0) is 19.4. The van der Waals surface area contributed by atoms with Gasteiger partial charge in [0.15, 0.2) is 0 Å². The van der Waals surface area contributed by atoms with Gasteiger partial charge < -0.3 is 14.8 Å². The Morgan fingerprint density at radius 2 is 1.67 bits per heavy atom. The van der Waals surface area contributed by atoms with Gasteiger partial charge in [-0.05, 0) is 54.2 Å². The number of benzene rings is 2. The highest BCUT2D eigenvalue weighted by molar-refractivity contribution is 5.79. The standard InChI is InChI=1S/C20H20F3NO3/c1-26-16-10-6-15(7-11-16)19(14-4-5-14)24-18(25)12-13-2-8-17(9-3-13)27-20(21,22)23/h2-3,6-11,14,19H,4-5,12H2,1H3,(H,24,25)/t19-/m1/s1. The van der Waals surface area contributed by atoms with Crippen LogP contribution in [0.2, 0.25) is 0 Å². The van der Waals surface area contributed by atoms with Crippen molar-refractivity contribution in [3.05, 3.63) is 59.7 Å². The van der Waals surface area contributed by atoms with Gasteiger partial charge in [0, 0.05) is 0 Å². The van der Waals surface area contributed by atoms with Gasteiger partial charge in [0.1, 0.15) is 11.5 Å². The van der Waals surface area contributed by atoms with Gasteiger partial charge in [0.05, 0.1) is 19.6 Å². The lowest BCUT2D eigenvalue weighted by molar-refractivity contribution is -0.274. The normalized spacial score (nSPS) is 15.1. The number of amides is 1. The molecule has 0 bridgehead atoms. The highest BCUT2D eigenvalue weighted by Crippen LogP contribution is 2.41. The molecule has 7 heteroatoms. The van der Waals surface area contributed by atoms with Gasteiger partial charge in [-0.25, -0.2) is 0 Å². The third-order valence-corrected chi connectivity index (χ3v) is 4.41. The highest BCUT2D eigenvalue weighted by Gasteiger charge is 2.33. The molecular formula is C20H20F3NO3. The molecule has 1 saturated carbocycles. The molecule has 1 fully saturated rings. The van der Waals surface area contributed by atoms with E-state index >= 15 is 0 Å². The summed E-state index contributed by atoms with van der Waals surface area (Å²) in [5.74, 6) is 0.679. The minimum Gasteiger partial charge on any atom is -0.497 e. The largest absolute Gasteiger partial charge is 0.573 e. The Hall–Kier alpha value is -2.70. The predicted molar refractivity (Wildman–Crippen MR) is 93.4 cm³/mol. The fourth-order valence-electron chi connectivity index (χ4n) is 2.93. The minimum atomic E-state index is -4.73. The topological polar surface area (TPSA) is 47.6 Å². The number of alkyl halides is 3. The number of methoxy groups -OCH3 is 1. The maximum atomic E-state index is 12.4. The molecule has 0 radical (unpaired) electrons. The first-order valence-electron chi connectivity index (χ1n) is 8.62. The summed E-state index contributed by atoms with van der Waals surface area (Å²) in [5.41, 5.74) is 1.63. The highest BCUT2D eigenvalue weighted by atomic mass is 19.4. The first-order chi connectivity index (χ1) is 12.8. The van der Waals surface area contributed by atoms with Crippen LogP contribution in [-0.2, 0) is 11.2 Å². The molecular weight excluding hydrogens is 359 g/mol. The lowest BCUT2D eigenvalue weighted by Gasteiger charge is -2.19. The molecule has 2 aromatic carbocycles. The van der Waals surface area contributed by atoms with Gasteiger partial charge in [0.2, 0.25) is 5.91 Å². The van der Waals surface area contributed by atoms with Crippen LogP contribution in [0.1, 0.15) is 30.0 Å². The van der Waals surface area contributed by atoms with Crippen molar-refractivity contribution < 1.29 is 27.4 Å². The van der Waals surface area contributed by atoms with Crippen LogP contribution in [0.3, 0.4) is 0 Å². The minimum absolute atomic E-state index is 0.0729. The van der Waals surface area contributed by atoms with Crippen LogP contribution >= 0.6 is 0 Å². The van der Waals surface area contributed by atoms with Crippen molar-refractivity contribution in [1.29, 1.82) is 0 Å². The summed E-state index contributed by atoms with van der Waals surface area (Å²) in [6, 6.07) is 12.8. The fourth-order valence-corrected chi connectivity index (χ4v) is 2.93. The van der Waals surface area contributed by atoms with Gasteiger partial charge in [-0.2, -0.15) is 0 Å². The van der Waals surface area contributed by atoms with E-state index in [-0.39, 0.29) is 24.1 Å². The van der Waals surface area contributed by atoms with Crippen LogP contribution in [0.25, 0.3) is 0 Å². The molecule has 4 nitrogen and oxygen atoms in total. The molecule has 1 aliphatic rings. The number of rotatable bonds is 7. The maximum Gasteiger partial charge on any atom is 0.573 e. The first-order valence-corrected chi connectivity index (χ1v) is 8.62. The van der Waals surface area contributed by atoms with E-state index in [2.05, 4.69) is 10.1 Å². The van der Waals surface area contributed by atoms with Crippen molar-refractivity contribution >= 4 is 5.91 Å². The lowest BCUT2D eigenvalue weighted by Crippen LogP contribution is -2.31. The van der Waals surface area contributed by atoms with Crippen molar-refractivity contribution in [2.45, 2.75) is 31.7 Å². The second-order valence-electron chi connectivity index (χ2n) is 6.52. The molecule has 1 atom stereocenters. The molecule has 0 aromatic heterocycles. The summed E-state index contributed by atoms with van der Waals surface area (Å²) in [7, 11) is 1.60. The van der Waals surface area contributed by atoms with Crippen LogP contribution in [0.5, 0.6) is 11.5 Å². The molecule has 0 unspecified atom stereocenters. The Bertz CT molecular complexity index is 769. The van der Waals surface area contributed by atoms with Crippen molar-refractivity contribution in [3.8, 4) is 11.5 Å². The van der Waals surface area contributed by atoms with Crippen LogP contribution in [0, 0.1) is 5.92 Å². The molecule has 27 heavy (non-hydrogen) atoms. The summed E-state index contributed by atoms with van der Waals surface area (Å²) in [6.07, 6.45) is -2.53. The van der Waals surface area contributed by atoms with Gasteiger partial charge in [-0.15, -0.1) is 13.2 Å². The molecule has 0 spiro atoms. The summed E-state index contributed by atoms with van der Waals surface area (Å²) in [5, 5.41) is 3.04. The third-order valence-electron chi connectivity index (χ3n) is 4.41. The summed E-state index contributed by atoms with van der Waals surface area (Å²) in [6.45, 7) is 0. The monoisotopic (exact) mass is 379 g/mol. The van der Waals surface area contributed by atoms with Crippen molar-refractivity contribution in [2.75, 3.05) is 7.11 Å². The Morgan fingerprint density at radius 3 is 2.19 bits per heavy atom. The molecule has 0 saturated heterocycles. The van der Waals surface area contributed by atoms with Gasteiger partial charge in [-0.1, -0.05) is 24.3 Å². The Morgan fingerprint density at radius 1 is 1.07 bits per heavy atom. The van der Waals surface area contributed by atoms with Crippen molar-refractivity contribution in [2.24, 2.45) is 5.92 Å². The van der Waals surface area contributed by atoms with Gasteiger partial charge >= 0.3 is 6.36 Å². The molecule has 0 heterocycles. The van der Waals surface area contributed by atoms with Crippen LogP contribution < -0.4 is 14.8 Å². The van der Waals surface area contributed by atoms with E-state index in [0.29, 0.717) is 11.5 Å². The van der Waals surface area contributed by atoms with E-state index in [1.165, 1.54) is 24.3 Å². The van der Waals surface area contributed by atoms with E-state index in [4.69, 9.17) is 4.74 Å². The van der Waals surface area contributed by atoms with E-state index in [9.17, 15) is 18.0 Å². The third kappa shape index (κ3) is 5.64. The van der Waals surface area contributed by atoms with Crippen LogP contribution in [0.4, 0.5) is 13.2 Å². The SMILES string of the molecule is COc1ccc([C@H](NC(=O)Cc2ccc(OC(F)(F)F)cc2)C2CC2)cc1. The summed E-state index contributed by atoms with van der Waals surface area (Å²) < 4.78 is 45.6. The van der Waals surface area contributed by atoms with Crippen molar-refractivity contribution in [3.63, 3.8) is 0 Å². The average Bonchev–Trinajstić information content (AvgIpc) is 3.45. The first kappa shape index (κ1) is 19.1. The second kappa shape index (κ2) is 7.90. The molecule has 1 aliphatic carbocycles. The zero-order valence-electron chi connectivity index (χ0n) is 14.8. The number of carbonyl (C=O) groups excluding carboxylic acids is 1. The summed E-state index contributed by atoms with van der Waals surface area (Å²) >= 11 is 0. The van der Waals surface area contributed by atoms with E-state index in [1.807, 2.05) is 24.3 Å². The molecule has 2 aromatic rings. The molecule has 1 N–H and O–H groups in total. The smallest absolute Gasteiger partial charge is 0.497 e. The predicted octanol–water partition coefficient (Wildman–Crippen LogP) is 4.40. The number of carbonyl (C=O) groups is 1. The number of ether oxygens (including phenoxy) is 2. The number of halogens is 3. The van der Waals surface area contributed by atoms with Gasteiger partial charge in [-0.3, -0.25) is 4.79 Å². The van der Waals surface area contributed by atoms with Crippen molar-refractivity contribution in [1.82, 2.24) is 5.32 Å². The Labute approximate surface area is 155 Å². The second-order valence-corrected chi connectivity index (χ2v) is 6.52. The number of hydrogen-bond acceptors (Lipinski definition) is 3. The van der Waals surface area contributed by atoms with E-state index < -0.39 is 6.36 Å². The van der Waals surface area contributed by atoms with E-state index in [0.717, 1.165) is 24.2 Å². The lowest BCUT2D eigenvalue weighted by atomic mass is 10.0. The Kier molecular flexibility index (Phi) is 5.58. The Balaban J connectivity index is 1.61. The van der Waals surface area contributed by atoms with Crippen LogP contribution in [0.15, 0.2) is 48.5 Å². The van der Waals surface area contributed by atoms with E-state index in [1.54, 1.807) is 7.11 Å². The fraction of sp³-hybridized carbons (Fsp3) is 0.350. The van der Waals surface area contributed by atoms with Gasteiger partial charge in [0.25, 0.3) is 0 Å².